The molecule has 0 saturated heterocycles. The molecule has 0 aromatic heterocycles. The van der Waals surface area contributed by atoms with Gasteiger partial charge in [-0.25, -0.2) is 0 Å². The fourth-order valence-corrected chi connectivity index (χ4v) is 1.68. The molecule has 0 fully saturated rings. The van der Waals surface area contributed by atoms with Crippen LogP contribution in [0.1, 0.15) is 31.4 Å². The highest BCUT2D eigenvalue weighted by atomic mass is 16.3. The SMILES string of the molecule is CC(CO)(CO)NC(=O)CCC(N)c1ccccc1. The Balaban J connectivity index is 2.42. The first kappa shape index (κ1) is 15.6. The average molecular weight is 266 g/mol. The Morgan fingerprint density at radius 1 is 1.32 bits per heavy atom. The van der Waals surface area contributed by atoms with E-state index in [1.54, 1.807) is 6.92 Å². The summed E-state index contributed by atoms with van der Waals surface area (Å²) < 4.78 is 0. The fourth-order valence-electron chi connectivity index (χ4n) is 1.68. The number of carbonyl (C=O) groups is 1. The largest absolute Gasteiger partial charge is 0.394 e. The summed E-state index contributed by atoms with van der Waals surface area (Å²) in [6, 6.07) is 9.38. The van der Waals surface area contributed by atoms with E-state index in [0.29, 0.717) is 6.42 Å². The number of hydrogen-bond donors (Lipinski definition) is 4. The first-order valence-corrected chi connectivity index (χ1v) is 6.34. The normalized spacial score (nSPS) is 13.1. The number of nitrogens with one attached hydrogen (secondary N) is 1. The number of nitrogens with two attached hydrogens (primary N) is 1. The Morgan fingerprint density at radius 3 is 2.42 bits per heavy atom. The van der Waals surface area contributed by atoms with E-state index < -0.39 is 5.54 Å². The monoisotopic (exact) mass is 266 g/mol. The van der Waals surface area contributed by atoms with E-state index in [2.05, 4.69) is 5.32 Å². The van der Waals surface area contributed by atoms with Gasteiger partial charge in [-0.05, 0) is 18.9 Å². The molecule has 19 heavy (non-hydrogen) atoms. The second-order valence-corrected chi connectivity index (χ2v) is 4.98. The van der Waals surface area contributed by atoms with E-state index in [0.717, 1.165) is 5.56 Å². The number of rotatable bonds is 7. The van der Waals surface area contributed by atoms with Gasteiger partial charge in [0, 0.05) is 12.5 Å². The summed E-state index contributed by atoms with van der Waals surface area (Å²) in [5.74, 6) is -0.225. The number of benzene rings is 1. The molecule has 1 amide bonds. The summed E-state index contributed by atoms with van der Waals surface area (Å²) in [5.41, 5.74) is 6.00. The van der Waals surface area contributed by atoms with Crippen LogP contribution in [0.3, 0.4) is 0 Å². The summed E-state index contributed by atoms with van der Waals surface area (Å²) >= 11 is 0. The van der Waals surface area contributed by atoms with Crippen LogP contribution in [0, 0.1) is 0 Å². The lowest BCUT2D eigenvalue weighted by Crippen LogP contribution is -2.51. The van der Waals surface area contributed by atoms with E-state index >= 15 is 0 Å². The predicted molar refractivity (Wildman–Crippen MR) is 73.3 cm³/mol. The molecule has 0 spiro atoms. The molecule has 106 valence electrons. The molecule has 0 saturated carbocycles. The lowest BCUT2D eigenvalue weighted by molar-refractivity contribution is -0.124. The highest BCUT2D eigenvalue weighted by Crippen LogP contribution is 2.15. The highest BCUT2D eigenvalue weighted by Gasteiger charge is 2.24. The number of aliphatic hydroxyl groups excluding tert-OH is 2. The van der Waals surface area contributed by atoms with Gasteiger partial charge in [-0.1, -0.05) is 30.3 Å². The molecule has 1 rings (SSSR count). The van der Waals surface area contributed by atoms with E-state index in [-0.39, 0.29) is 31.6 Å². The Bertz CT molecular complexity index is 391. The van der Waals surface area contributed by atoms with Gasteiger partial charge in [-0.15, -0.1) is 0 Å². The number of carbonyl (C=O) groups excluding carboxylic acids is 1. The molecule has 5 heteroatoms. The van der Waals surface area contributed by atoms with Gasteiger partial charge in [0.05, 0.1) is 18.8 Å². The maximum atomic E-state index is 11.7. The molecule has 0 aliphatic carbocycles. The van der Waals surface area contributed by atoms with Gasteiger partial charge in [0.1, 0.15) is 0 Å². The molecule has 5 nitrogen and oxygen atoms in total. The van der Waals surface area contributed by atoms with Gasteiger partial charge in [-0.2, -0.15) is 0 Å². The van der Waals surface area contributed by atoms with Crippen molar-refractivity contribution in [2.45, 2.75) is 31.3 Å². The molecule has 1 aromatic carbocycles. The fraction of sp³-hybridized carbons (Fsp3) is 0.500. The van der Waals surface area contributed by atoms with Crippen molar-refractivity contribution in [2.24, 2.45) is 5.73 Å². The Kier molecular flexibility index (Phi) is 5.95. The van der Waals surface area contributed by atoms with Crippen LogP contribution in [-0.2, 0) is 4.79 Å². The predicted octanol–water partition coefficient (Wildman–Crippen LogP) is 0.326. The molecule has 1 aromatic rings. The minimum absolute atomic E-state index is 0.193. The van der Waals surface area contributed by atoms with Crippen molar-refractivity contribution in [3.8, 4) is 0 Å². The quantitative estimate of drug-likeness (QED) is 0.572. The second kappa shape index (κ2) is 7.23. The molecule has 5 N–H and O–H groups in total. The third kappa shape index (κ3) is 4.98. The average Bonchev–Trinajstić information content (AvgIpc) is 2.45. The van der Waals surface area contributed by atoms with Crippen LogP contribution in [-0.4, -0.2) is 34.9 Å². The van der Waals surface area contributed by atoms with Crippen LogP contribution in [0.25, 0.3) is 0 Å². The van der Waals surface area contributed by atoms with Crippen molar-refractivity contribution in [1.82, 2.24) is 5.32 Å². The Labute approximate surface area is 113 Å². The molecule has 1 atom stereocenters. The molecular formula is C14H22N2O3. The zero-order valence-corrected chi connectivity index (χ0v) is 11.2. The second-order valence-electron chi connectivity index (χ2n) is 4.98. The van der Waals surface area contributed by atoms with Crippen LogP contribution in [0.4, 0.5) is 0 Å². The van der Waals surface area contributed by atoms with Crippen LogP contribution >= 0.6 is 0 Å². The van der Waals surface area contributed by atoms with Gasteiger partial charge < -0.3 is 21.3 Å². The van der Waals surface area contributed by atoms with Gasteiger partial charge in [0.25, 0.3) is 0 Å². The standard InChI is InChI=1S/C14H22N2O3/c1-14(9-17,10-18)16-13(19)8-7-12(15)11-5-3-2-4-6-11/h2-6,12,17-18H,7-10,15H2,1H3,(H,16,19). The summed E-state index contributed by atoms with van der Waals surface area (Å²) in [4.78, 5) is 11.7. The van der Waals surface area contributed by atoms with Crippen molar-refractivity contribution in [3.05, 3.63) is 35.9 Å². The molecule has 1 unspecified atom stereocenters. The zero-order chi connectivity index (χ0) is 14.3. The summed E-state index contributed by atoms with van der Waals surface area (Å²) in [6.07, 6.45) is 0.772. The third-order valence-electron chi connectivity index (χ3n) is 3.05. The van der Waals surface area contributed by atoms with Crippen LogP contribution in [0.5, 0.6) is 0 Å². The molecular weight excluding hydrogens is 244 g/mol. The van der Waals surface area contributed by atoms with E-state index in [9.17, 15) is 4.79 Å². The molecule has 0 aliphatic rings. The lowest BCUT2D eigenvalue weighted by Gasteiger charge is -2.26. The number of aliphatic hydroxyl groups is 2. The van der Waals surface area contributed by atoms with Crippen LogP contribution in [0.2, 0.25) is 0 Å². The first-order chi connectivity index (χ1) is 9.00. The lowest BCUT2D eigenvalue weighted by atomic mass is 10.0. The van der Waals surface area contributed by atoms with Crippen molar-refractivity contribution in [1.29, 1.82) is 0 Å². The smallest absolute Gasteiger partial charge is 0.220 e. The Morgan fingerprint density at radius 2 is 1.89 bits per heavy atom. The van der Waals surface area contributed by atoms with Gasteiger partial charge >= 0.3 is 0 Å². The maximum Gasteiger partial charge on any atom is 0.220 e. The molecule has 0 heterocycles. The van der Waals surface area contributed by atoms with E-state index in [4.69, 9.17) is 15.9 Å². The van der Waals surface area contributed by atoms with E-state index in [1.807, 2.05) is 30.3 Å². The molecule has 0 aliphatic heterocycles. The minimum Gasteiger partial charge on any atom is -0.394 e. The van der Waals surface area contributed by atoms with Crippen molar-refractivity contribution in [3.63, 3.8) is 0 Å². The van der Waals surface area contributed by atoms with Gasteiger partial charge in [0.15, 0.2) is 0 Å². The first-order valence-electron chi connectivity index (χ1n) is 6.34. The van der Waals surface area contributed by atoms with Gasteiger partial charge in [0.2, 0.25) is 5.91 Å². The molecule has 0 bridgehead atoms. The maximum absolute atomic E-state index is 11.7. The minimum atomic E-state index is -0.978. The summed E-state index contributed by atoms with van der Waals surface area (Å²) in [7, 11) is 0. The Hall–Kier alpha value is -1.43. The van der Waals surface area contributed by atoms with E-state index in [1.165, 1.54) is 0 Å². The third-order valence-corrected chi connectivity index (χ3v) is 3.05. The number of amides is 1. The van der Waals surface area contributed by atoms with Crippen LogP contribution in [0.15, 0.2) is 30.3 Å². The zero-order valence-electron chi connectivity index (χ0n) is 11.2. The van der Waals surface area contributed by atoms with Crippen molar-refractivity contribution < 1.29 is 15.0 Å². The summed E-state index contributed by atoms with van der Waals surface area (Å²) in [5, 5.41) is 20.8. The summed E-state index contributed by atoms with van der Waals surface area (Å²) in [6.45, 7) is 0.974. The number of hydrogen-bond acceptors (Lipinski definition) is 4. The van der Waals surface area contributed by atoms with Crippen LogP contribution < -0.4 is 11.1 Å². The van der Waals surface area contributed by atoms with Crippen molar-refractivity contribution in [2.75, 3.05) is 13.2 Å². The molecule has 0 radical (unpaired) electrons. The highest BCUT2D eigenvalue weighted by molar-refractivity contribution is 5.76. The van der Waals surface area contributed by atoms with Gasteiger partial charge in [-0.3, -0.25) is 4.79 Å². The topological polar surface area (TPSA) is 95.6 Å². The van der Waals surface area contributed by atoms with Crippen molar-refractivity contribution >= 4 is 5.91 Å².